The number of hydrogen-bond acceptors (Lipinski definition) is 5. The van der Waals surface area contributed by atoms with Crippen LogP contribution in [0.15, 0.2) is 47.4 Å². The molecule has 0 aliphatic carbocycles. The van der Waals surface area contributed by atoms with Crippen molar-refractivity contribution >= 4 is 27.6 Å². The van der Waals surface area contributed by atoms with Crippen molar-refractivity contribution in [1.29, 1.82) is 0 Å². The minimum absolute atomic E-state index is 0.0929. The molecule has 8 heteroatoms. The molecule has 7 nitrogen and oxygen atoms in total. The molecule has 0 aromatic heterocycles. The van der Waals surface area contributed by atoms with Crippen LogP contribution >= 0.6 is 0 Å². The number of sulfonamides is 1. The summed E-state index contributed by atoms with van der Waals surface area (Å²) in [5, 5.41) is 0. The van der Waals surface area contributed by atoms with Gasteiger partial charge in [0.15, 0.2) is 0 Å². The van der Waals surface area contributed by atoms with Crippen molar-refractivity contribution in [2.45, 2.75) is 37.6 Å². The molecule has 0 bridgehead atoms. The molecule has 1 fully saturated rings. The summed E-state index contributed by atoms with van der Waals surface area (Å²) in [7, 11) is -2.50. The van der Waals surface area contributed by atoms with Gasteiger partial charge in [-0.25, -0.2) is 17.9 Å². The van der Waals surface area contributed by atoms with Crippen LogP contribution in [-0.2, 0) is 26.1 Å². The molecule has 0 spiro atoms. The highest BCUT2D eigenvalue weighted by Gasteiger charge is 2.21. The average molecular weight is 416 g/mol. The molecule has 0 saturated carbocycles. The summed E-state index contributed by atoms with van der Waals surface area (Å²) in [6.45, 7) is 2.40. The number of rotatable bonds is 6. The third-order valence-electron chi connectivity index (χ3n) is 4.90. The molecule has 29 heavy (non-hydrogen) atoms. The van der Waals surface area contributed by atoms with Gasteiger partial charge in [-0.15, -0.1) is 0 Å². The van der Waals surface area contributed by atoms with Crippen molar-refractivity contribution in [2.24, 2.45) is 0 Å². The van der Waals surface area contributed by atoms with E-state index >= 15 is 0 Å². The summed E-state index contributed by atoms with van der Waals surface area (Å²) < 4.78 is 32.7. The zero-order chi connectivity index (χ0) is 21.0. The summed E-state index contributed by atoms with van der Waals surface area (Å²) in [4.78, 5) is 25.6. The number of ether oxygens (including phenoxy) is 1. The molecule has 1 heterocycles. The molecule has 1 aliphatic heterocycles. The maximum Gasteiger partial charge on any atom is 0.337 e. The SMILES string of the molecule is COC(=O)c1ccc(S(=O)(=O)NCc2cccc(N3CCCCC3=O)c2)c(C)c1. The summed E-state index contributed by atoms with van der Waals surface area (Å²) in [5.74, 6) is -0.426. The van der Waals surface area contributed by atoms with E-state index in [4.69, 9.17) is 0 Å². The van der Waals surface area contributed by atoms with Gasteiger partial charge in [0.05, 0.1) is 17.6 Å². The number of nitrogens with zero attached hydrogens (tertiary/aromatic N) is 1. The van der Waals surface area contributed by atoms with Crippen LogP contribution in [0.5, 0.6) is 0 Å². The lowest BCUT2D eigenvalue weighted by Gasteiger charge is -2.27. The normalized spacial score (nSPS) is 14.7. The minimum atomic E-state index is -3.77. The van der Waals surface area contributed by atoms with Crippen LogP contribution in [0, 0.1) is 6.92 Å². The van der Waals surface area contributed by atoms with Gasteiger partial charge in [-0.2, -0.15) is 0 Å². The van der Waals surface area contributed by atoms with Crippen LogP contribution in [0.4, 0.5) is 5.69 Å². The molecule has 0 unspecified atom stereocenters. The predicted octanol–water partition coefficient (Wildman–Crippen LogP) is 2.78. The molecule has 1 N–H and O–H groups in total. The molecule has 3 rings (SSSR count). The maximum absolute atomic E-state index is 12.7. The summed E-state index contributed by atoms with van der Waals surface area (Å²) in [6, 6.07) is 11.6. The van der Waals surface area contributed by atoms with E-state index in [1.807, 2.05) is 24.3 Å². The second-order valence-corrected chi connectivity index (χ2v) is 8.70. The van der Waals surface area contributed by atoms with Crippen LogP contribution in [0.1, 0.15) is 40.7 Å². The Morgan fingerprint density at radius 1 is 1.17 bits per heavy atom. The van der Waals surface area contributed by atoms with Crippen LogP contribution in [0.3, 0.4) is 0 Å². The molecule has 1 aliphatic rings. The van der Waals surface area contributed by atoms with Crippen LogP contribution in [0.25, 0.3) is 0 Å². The quantitative estimate of drug-likeness (QED) is 0.731. The lowest BCUT2D eigenvalue weighted by Crippen LogP contribution is -2.35. The first kappa shape index (κ1) is 21.0. The molecular weight excluding hydrogens is 392 g/mol. The van der Waals surface area contributed by atoms with Crippen LogP contribution < -0.4 is 9.62 Å². The Bertz CT molecular complexity index is 1030. The summed E-state index contributed by atoms with van der Waals surface area (Å²) >= 11 is 0. The molecule has 0 atom stereocenters. The number of carbonyl (C=O) groups is 2. The first-order chi connectivity index (χ1) is 13.8. The van der Waals surface area contributed by atoms with Gasteiger partial charge < -0.3 is 9.64 Å². The van der Waals surface area contributed by atoms with Gasteiger partial charge in [-0.1, -0.05) is 12.1 Å². The number of aryl methyl sites for hydroxylation is 1. The number of carbonyl (C=O) groups excluding carboxylic acids is 2. The van der Waals surface area contributed by atoms with E-state index in [2.05, 4.69) is 9.46 Å². The smallest absolute Gasteiger partial charge is 0.337 e. The van der Waals surface area contributed by atoms with E-state index < -0.39 is 16.0 Å². The fourth-order valence-electron chi connectivity index (χ4n) is 3.37. The van der Waals surface area contributed by atoms with E-state index in [0.717, 1.165) is 24.1 Å². The zero-order valence-corrected chi connectivity index (χ0v) is 17.3. The average Bonchev–Trinajstić information content (AvgIpc) is 2.72. The highest BCUT2D eigenvalue weighted by Crippen LogP contribution is 2.23. The third kappa shape index (κ3) is 4.83. The Kier molecular flexibility index (Phi) is 6.34. The molecule has 154 valence electrons. The first-order valence-electron chi connectivity index (χ1n) is 9.40. The molecule has 2 aromatic rings. The Labute approximate surface area is 170 Å². The van der Waals surface area contributed by atoms with E-state index in [1.54, 1.807) is 11.8 Å². The lowest BCUT2D eigenvalue weighted by molar-refractivity contribution is -0.119. The minimum Gasteiger partial charge on any atom is -0.465 e. The van der Waals surface area contributed by atoms with E-state index in [1.165, 1.54) is 25.3 Å². The number of nitrogens with one attached hydrogen (secondary N) is 1. The Balaban J connectivity index is 1.74. The predicted molar refractivity (Wildman–Crippen MR) is 109 cm³/mol. The summed E-state index contributed by atoms with van der Waals surface area (Å²) in [5.41, 5.74) is 2.29. The van der Waals surface area contributed by atoms with Gasteiger partial charge in [0.2, 0.25) is 15.9 Å². The number of piperidine rings is 1. The Morgan fingerprint density at radius 3 is 2.66 bits per heavy atom. The largest absolute Gasteiger partial charge is 0.465 e. The lowest BCUT2D eigenvalue weighted by atomic mass is 10.1. The van der Waals surface area contributed by atoms with Gasteiger partial charge in [-0.05, 0) is 61.2 Å². The number of amides is 1. The fraction of sp³-hybridized carbons (Fsp3) is 0.333. The van der Waals surface area contributed by atoms with Gasteiger partial charge in [0.25, 0.3) is 0 Å². The van der Waals surface area contributed by atoms with Crippen molar-refractivity contribution in [3.63, 3.8) is 0 Å². The zero-order valence-electron chi connectivity index (χ0n) is 16.5. The third-order valence-corrected chi connectivity index (χ3v) is 6.46. The highest BCUT2D eigenvalue weighted by molar-refractivity contribution is 7.89. The van der Waals surface area contributed by atoms with Crippen molar-refractivity contribution < 1.29 is 22.7 Å². The fourth-order valence-corrected chi connectivity index (χ4v) is 4.61. The molecule has 1 amide bonds. The van der Waals surface area contributed by atoms with E-state index in [-0.39, 0.29) is 17.3 Å². The highest BCUT2D eigenvalue weighted by atomic mass is 32.2. The second kappa shape index (κ2) is 8.75. The molecule has 0 radical (unpaired) electrons. The maximum atomic E-state index is 12.7. The Hall–Kier alpha value is -2.71. The van der Waals surface area contributed by atoms with E-state index in [0.29, 0.717) is 24.1 Å². The van der Waals surface area contributed by atoms with Gasteiger partial charge in [0.1, 0.15) is 0 Å². The van der Waals surface area contributed by atoms with E-state index in [9.17, 15) is 18.0 Å². The van der Waals surface area contributed by atoms with Gasteiger partial charge in [0, 0.05) is 25.2 Å². The van der Waals surface area contributed by atoms with Crippen LogP contribution in [-0.4, -0.2) is 33.9 Å². The second-order valence-electron chi connectivity index (χ2n) is 6.97. The van der Waals surface area contributed by atoms with Crippen LogP contribution in [0.2, 0.25) is 0 Å². The number of esters is 1. The summed E-state index contributed by atoms with van der Waals surface area (Å²) in [6.07, 6.45) is 2.41. The van der Waals surface area contributed by atoms with Crippen molar-refractivity contribution in [2.75, 3.05) is 18.6 Å². The molecular formula is C21H24N2O5S. The number of benzene rings is 2. The monoisotopic (exact) mass is 416 g/mol. The van der Waals surface area contributed by atoms with Crippen molar-refractivity contribution in [3.8, 4) is 0 Å². The topological polar surface area (TPSA) is 92.8 Å². The first-order valence-corrected chi connectivity index (χ1v) is 10.9. The molecule has 1 saturated heterocycles. The van der Waals surface area contributed by atoms with Crippen molar-refractivity contribution in [1.82, 2.24) is 4.72 Å². The number of anilines is 1. The standard InChI is InChI=1S/C21H24N2O5S/c1-15-12-17(21(25)28-2)9-10-19(15)29(26,27)22-14-16-6-5-7-18(13-16)23-11-4-3-8-20(23)24/h5-7,9-10,12-13,22H,3-4,8,11,14H2,1-2H3. The van der Waals surface area contributed by atoms with Gasteiger partial charge >= 0.3 is 5.97 Å². The molecule has 2 aromatic carbocycles. The van der Waals surface area contributed by atoms with Crippen molar-refractivity contribution in [3.05, 3.63) is 59.2 Å². The number of hydrogen-bond donors (Lipinski definition) is 1. The number of methoxy groups -OCH3 is 1. The Morgan fingerprint density at radius 2 is 1.97 bits per heavy atom. The van der Waals surface area contributed by atoms with Gasteiger partial charge in [-0.3, -0.25) is 4.79 Å².